The van der Waals surface area contributed by atoms with Crippen molar-refractivity contribution in [1.82, 2.24) is 0 Å². The summed E-state index contributed by atoms with van der Waals surface area (Å²) in [5, 5.41) is 9.65. The molecule has 2 atom stereocenters. The Labute approximate surface area is 388 Å². The number of aliphatic carboxylic acids is 1. The van der Waals surface area contributed by atoms with Crippen LogP contribution in [0.15, 0.2) is 60.8 Å². The Balaban J connectivity index is 4.26. The van der Waals surface area contributed by atoms with E-state index in [1.165, 1.54) is 109 Å². The average molecular weight is 885 g/mol. The van der Waals surface area contributed by atoms with Crippen LogP contribution in [0.1, 0.15) is 219 Å². The molecular weight excluding hydrogens is 787 g/mol. The van der Waals surface area contributed by atoms with Gasteiger partial charge in [0.15, 0.2) is 12.1 Å². The number of carboxylic acids is 1. The van der Waals surface area contributed by atoms with Crippen LogP contribution in [0.2, 0.25) is 0 Å². The number of hydrogen-bond acceptors (Lipinski definition) is 6. The van der Waals surface area contributed by atoms with E-state index < -0.39 is 18.1 Å². The molecule has 0 fully saturated rings. The minimum absolute atomic E-state index is 0.0531. The minimum atomic E-state index is -0.878. The summed E-state index contributed by atoms with van der Waals surface area (Å²) >= 11 is 0. The number of likely N-dealkylation sites (N-methyl/N-ethyl adjacent to an activating group) is 1. The molecular formula is C55H98NO7+. The third kappa shape index (κ3) is 44.0. The van der Waals surface area contributed by atoms with Crippen LogP contribution in [-0.4, -0.2) is 80.6 Å². The van der Waals surface area contributed by atoms with Crippen LogP contribution in [0, 0.1) is 0 Å². The van der Waals surface area contributed by atoms with Gasteiger partial charge in [-0.3, -0.25) is 9.59 Å². The quantitative estimate of drug-likeness (QED) is 0.0214. The van der Waals surface area contributed by atoms with Crippen molar-refractivity contribution in [1.29, 1.82) is 0 Å². The predicted molar refractivity (Wildman–Crippen MR) is 266 cm³/mol. The number of ether oxygens (including phenoxy) is 3. The van der Waals surface area contributed by atoms with Gasteiger partial charge in [0.25, 0.3) is 0 Å². The van der Waals surface area contributed by atoms with E-state index in [1.54, 1.807) is 0 Å². The second kappa shape index (κ2) is 45.6. The highest BCUT2D eigenvalue weighted by Gasteiger charge is 2.31. The summed E-state index contributed by atoms with van der Waals surface area (Å²) < 4.78 is 17.3. The van der Waals surface area contributed by atoms with Crippen molar-refractivity contribution in [3.05, 3.63) is 60.8 Å². The maximum atomic E-state index is 12.8. The lowest BCUT2D eigenvalue weighted by molar-refractivity contribution is -0.887. The summed E-state index contributed by atoms with van der Waals surface area (Å²) in [7, 11) is 5.53. The second-order valence-corrected chi connectivity index (χ2v) is 18.4. The first kappa shape index (κ1) is 60.0. The molecule has 8 heteroatoms. The van der Waals surface area contributed by atoms with Gasteiger partial charge in [-0.25, -0.2) is 4.79 Å². The van der Waals surface area contributed by atoms with Crippen LogP contribution < -0.4 is 0 Å². The normalized spacial score (nSPS) is 13.3. The number of carbonyl (C=O) groups excluding carboxylic acids is 2. The van der Waals surface area contributed by atoms with E-state index in [2.05, 4.69) is 74.6 Å². The van der Waals surface area contributed by atoms with Crippen LogP contribution in [0.25, 0.3) is 0 Å². The molecule has 0 heterocycles. The van der Waals surface area contributed by atoms with E-state index in [1.807, 2.05) is 21.1 Å². The van der Waals surface area contributed by atoms with Crippen molar-refractivity contribution in [2.75, 3.05) is 41.0 Å². The van der Waals surface area contributed by atoms with Gasteiger partial charge in [-0.2, -0.15) is 0 Å². The molecule has 0 aromatic carbocycles. The van der Waals surface area contributed by atoms with Crippen molar-refractivity contribution in [3.8, 4) is 0 Å². The Hall–Kier alpha value is -2.97. The largest absolute Gasteiger partial charge is 0.477 e. The second-order valence-electron chi connectivity index (χ2n) is 18.4. The lowest BCUT2D eigenvalue weighted by Crippen LogP contribution is -2.50. The van der Waals surface area contributed by atoms with E-state index in [-0.39, 0.29) is 36.2 Å². The van der Waals surface area contributed by atoms with Crippen molar-refractivity contribution in [3.63, 3.8) is 0 Å². The summed E-state index contributed by atoms with van der Waals surface area (Å²) in [5.41, 5.74) is 0. The van der Waals surface area contributed by atoms with Gasteiger partial charge in [0.2, 0.25) is 0 Å². The summed E-state index contributed by atoms with van der Waals surface area (Å²) in [5.74, 6) is -1.49. The first-order chi connectivity index (χ1) is 30.6. The lowest BCUT2D eigenvalue weighted by Gasteiger charge is -2.31. The highest BCUT2D eigenvalue weighted by atomic mass is 16.6. The number of nitrogens with zero attached hydrogens (tertiary/aromatic N) is 1. The van der Waals surface area contributed by atoms with E-state index in [4.69, 9.17) is 14.2 Å². The Morgan fingerprint density at radius 3 is 1.41 bits per heavy atom. The molecule has 0 saturated carbocycles. The fourth-order valence-corrected chi connectivity index (χ4v) is 7.45. The van der Waals surface area contributed by atoms with Crippen LogP contribution in [0.5, 0.6) is 0 Å². The number of carboxylic acid groups (broad SMARTS) is 1. The molecule has 8 nitrogen and oxygen atoms in total. The molecule has 1 N–H and O–H groups in total. The zero-order valence-corrected chi connectivity index (χ0v) is 41.5. The third-order valence-corrected chi connectivity index (χ3v) is 11.4. The fourth-order valence-electron chi connectivity index (χ4n) is 7.45. The van der Waals surface area contributed by atoms with Crippen molar-refractivity contribution in [2.24, 2.45) is 0 Å². The number of hydrogen-bond donors (Lipinski definition) is 1. The fraction of sp³-hybridized carbons (Fsp3) is 0.764. The molecule has 0 saturated heterocycles. The van der Waals surface area contributed by atoms with Gasteiger partial charge in [0, 0.05) is 19.3 Å². The monoisotopic (exact) mass is 885 g/mol. The molecule has 63 heavy (non-hydrogen) atoms. The molecule has 0 rings (SSSR count). The number of carbonyl (C=O) groups is 3. The van der Waals surface area contributed by atoms with E-state index in [0.717, 1.165) is 77.0 Å². The Kier molecular flexibility index (Phi) is 43.4. The molecule has 0 bridgehead atoms. The van der Waals surface area contributed by atoms with E-state index in [9.17, 15) is 19.5 Å². The van der Waals surface area contributed by atoms with Gasteiger partial charge in [-0.05, 0) is 70.6 Å². The van der Waals surface area contributed by atoms with Crippen molar-refractivity contribution < 1.29 is 38.2 Å². The van der Waals surface area contributed by atoms with Crippen molar-refractivity contribution >= 4 is 17.9 Å². The minimum Gasteiger partial charge on any atom is -0.477 e. The first-order valence-electron chi connectivity index (χ1n) is 25.8. The molecule has 0 aliphatic heterocycles. The molecule has 0 aliphatic rings. The van der Waals surface area contributed by atoms with E-state index in [0.29, 0.717) is 19.3 Å². The molecule has 0 aromatic heterocycles. The SMILES string of the molecule is CC/C=C/C/C=C/C/C=C/CCCCCCCCCCCCCC(=O)OCC(COCCC(C(=O)O)[N+](C)(C)C)OC(=O)CCCCCCC/C=C/C=C/CCCCCCCCC. The van der Waals surface area contributed by atoms with Gasteiger partial charge in [0.1, 0.15) is 6.61 Å². The maximum Gasteiger partial charge on any atom is 0.362 e. The Morgan fingerprint density at radius 2 is 0.937 bits per heavy atom. The molecule has 0 radical (unpaired) electrons. The maximum absolute atomic E-state index is 12.8. The summed E-state index contributed by atoms with van der Waals surface area (Å²) in [4.78, 5) is 37.2. The van der Waals surface area contributed by atoms with Crippen LogP contribution >= 0.6 is 0 Å². The van der Waals surface area contributed by atoms with Crippen LogP contribution in [0.4, 0.5) is 0 Å². The summed E-state index contributed by atoms with van der Waals surface area (Å²) in [6.45, 7) is 4.62. The van der Waals surface area contributed by atoms with E-state index >= 15 is 0 Å². The standard InChI is InChI=1S/C55H97NO7/c1-6-8-10-12-14-16-18-20-22-24-26-27-28-30-31-33-35-37-39-41-43-45-53(57)62-50-51(49-61-48-47-52(55(59)60)56(3,4)5)63-54(58)46-44-42-40-38-36-34-32-29-25-23-21-19-17-15-13-11-9-7-2/h8,10,14,16,20,22-23,25,29,32,51-52H,6-7,9,11-13,15,17-19,21,24,26-28,30-31,33-50H2,1-5H3/p+1/b10-8+,16-14+,22-20+,25-23+,32-29+. The predicted octanol–water partition coefficient (Wildman–Crippen LogP) is 14.9. The summed E-state index contributed by atoms with van der Waals surface area (Å²) in [6.07, 6.45) is 57.0. The number of allylic oxidation sites excluding steroid dienone is 10. The Morgan fingerprint density at radius 1 is 0.508 bits per heavy atom. The van der Waals surface area contributed by atoms with Crippen LogP contribution in [-0.2, 0) is 28.6 Å². The number of rotatable bonds is 46. The number of quaternary nitrogens is 1. The van der Waals surface area contributed by atoms with Gasteiger partial charge in [-0.1, -0.05) is 190 Å². The smallest absolute Gasteiger partial charge is 0.362 e. The average Bonchev–Trinajstić information content (AvgIpc) is 3.24. The molecule has 0 spiro atoms. The number of esters is 2. The molecule has 2 unspecified atom stereocenters. The zero-order chi connectivity index (χ0) is 46.3. The molecule has 0 aliphatic carbocycles. The van der Waals surface area contributed by atoms with Gasteiger partial charge in [0.05, 0.1) is 34.4 Å². The van der Waals surface area contributed by atoms with Crippen LogP contribution in [0.3, 0.4) is 0 Å². The topological polar surface area (TPSA) is 99.1 Å². The van der Waals surface area contributed by atoms with Gasteiger partial charge < -0.3 is 23.8 Å². The van der Waals surface area contributed by atoms with Crippen molar-refractivity contribution in [2.45, 2.75) is 231 Å². The van der Waals surface area contributed by atoms with Gasteiger partial charge in [-0.15, -0.1) is 0 Å². The lowest BCUT2D eigenvalue weighted by atomic mass is 10.0. The summed E-state index contributed by atoms with van der Waals surface area (Å²) in [6, 6.07) is -0.620. The zero-order valence-electron chi connectivity index (χ0n) is 41.5. The first-order valence-corrected chi connectivity index (χ1v) is 25.8. The highest BCUT2D eigenvalue weighted by molar-refractivity contribution is 5.72. The molecule has 0 amide bonds. The highest BCUT2D eigenvalue weighted by Crippen LogP contribution is 2.15. The molecule has 364 valence electrons. The van der Waals surface area contributed by atoms with Gasteiger partial charge >= 0.3 is 17.9 Å². The Bertz CT molecular complexity index is 1210. The number of unbranched alkanes of at least 4 members (excludes halogenated alkanes) is 23. The third-order valence-electron chi connectivity index (χ3n) is 11.4. The molecule has 0 aromatic rings.